The van der Waals surface area contributed by atoms with Gasteiger partial charge in [-0.2, -0.15) is 5.10 Å². The van der Waals surface area contributed by atoms with Crippen molar-refractivity contribution in [2.75, 3.05) is 0 Å². The van der Waals surface area contributed by atoms with Crippen molar-refractivity contribution in [3.8, 4) is 0 Å². The van der Waals surface area contributed by atoms with Gasteiger partial charge in [-0.25, -0.2) is 23.1 Å². The van der Waals surface area contributed by atoms with Crippen molar-refractivity contribution in [3.05, 3.63) is 64.2 Å². The van der Waals surface area contributed by atoms with E-state index in [0.717, 1.165) is 17.6 Å². The molecule has 0 amide bonds. The van der Waals surface area contributed by atoms with E-state index in [4.69, 9.17) is 0 Å². The van der Waals surface area contributed by atoms with Crippen molar-refractivity contribution < 1.29 is 8.78 Å². The Morgan fingerprint density at radius 1 is 1.12 bits per heavy atom. The van der Waals surface area contributed by atoms with Crippen LogP contribution in [0.5, 0.6) is 0 Å². The Balaban J connectivity index is 1.19. The van der Waals surface area contributed by atoms with Gasteiger partial charge in [0, 0.05) is 51.5 Å². The second-order valence-electron chi connectivity index (χ2n) is 8.74. The summed E-state index contributed by atoms with van der Waals surface area (Å²) in [6.45, 7) is 0.717. The van der Waals surface area contributed by atoms with E-state index in [1.165, 1.54) is 15.2 Å². The summed E-state index contributed by atoms with van der Waals surface area (Å²) in [5.41, 5.74) is 2.83. The maximum absolute atomic E-state index is 14.9. The van der Waals surface area contributed by atoms with Gasteiger partial charge in [0.05, 0.1) is 22.4 Å². The lowest BCUT2D eigenvalue weighted by molar-refractivity contribution is 0.159. The van der Waals surface area contributed by atoms with E-state index in [1.54, 1.807) is 20.3 Å². The molecular formula is C23H27F2N7O. The zero-order chi connectivity index (χ0) is 23.1. The molecule has 4 heterocycles. The summed E-state index contributed by atoms with van der Waals surface area (Å²) in [7, 11) is 3.19. The fraction of sp³-hybridized carbons (Fsp3) is 0.435. The SMILES string of the molecule is Cn1c(=O)n(C)c2nc(CN[C@@H]3CC[C@H](NCc4cccc5ccnn45)C[C@@H]3F)c(F)cc21. The van der Waals surface area contributed by atoms with Crippen LogP contribution >= 0.6 is 0 Å². The monoisotopic (exact) mass is 455 g/mol. The van der Waals surface area contributed by atoms with Crippen LogP contribution in [0.1, 0.15) is 30.7 Å². The molecule has 0 bridgehead atoms. The molecule has 1 saturated carbocycles. The minimum atomic E-state index is -1.05. The van der Waals surface area contributed by atoms with E-state index in [0.29, 0.717) is 30.6 Å². The molecular weight excluding hydrogens is 428 g/mol. The minimum Gasteiger partial charge on any atom is -0.308 e. The van der Waals surface area contributed by atoms with Crippen LogP contribution in [0.15, 0.2) is 41.3 Å². The summed E-state index contributed by atoms with van der Waals surface area (Å²) in [4.78, 5) is 16.4. The van der Waals surface area contributed by atoms with Gasteiger partial charge in [0.25, 0.3) is 0 Å². The fourth-order valence-electron chi connectivity index (χ4n) is 4.69. The third-order valence-electron chi connectivity index (χ3n) is 6.64. The molecule has 0 spiro atoms. The molecule has 1 aliphatic rings. The van der Waals surface area contributed by atoms with E-state index in [1.807, 2.05) is 28.8 Å². The number of imidazole rings is 1. The van der Waals surface area contributed by atoms with Crippen molar-refractivity contribution in [1.82, 2.24) is 34.4 Å². The Bertz CT molecular complexity index is 1360. The average molecular weight is 456 g/mol. The predicted octanol–water partition coefficient (Wildman–Crippen LogP) is 2.20. The van der Waals surface area contributed by atoms with Crippen LogP contribution in [0.4, 0.5) is 8.78 Å². The Morgan fingerprint density at radius 3 is 2.79 bits per heavy atom. The van der Waals surface area contributed by atoms with Crippen LogP contribution in [0.25, 0.3) is 16.7 Å². The molecule has 2 N–H and O–H groups in total. The van der Waals surface area contributed by atoms with Gasteiger partial charge in [-0.05, 0) is 37.5 Å². The third-order valence-corrected chi connectivity index (χ3v) is 6.64. The Kier molecular flexibility index (Phi) is 5.71. The number of rotatable bonds is 6. The van der Waals surface area contributed by atoms with E-state index in [9.17, 15) is 13.6 Å². The van der Waals surface area contributed by atoms with Crippen LogP contribution in [0, 0.1) is 5.82 Å². The standard InChI is InChI=1S/C23H27F2N7O/c1-30-21-11-18(25)20(29-22(21)31(2)23(30)33)13-27-19-7-6-14(10-17(19)24)26-12-16-5-3-4-15-8-9-28-32(15)16/h3-5,8-9,11,14,17,19,26-27H,6-7,10,12-13H2,1-2H3/t14-,17-,19+/m0/s1. The Labute approximate surface area is 189 Å². The number of hydrogen-bond acceptors (Lipinski definition) is 5. The molecule has 33 heavy (non-hydrogen) atoms. The molecule has 1 fully saturated rings. The zero-order valence-electron chi connectivity index (χ0n) is 18.6. The normalized spacial score (nSPS) is 21.3. The molecule has 0 saturated heterocycles. The molecule has 3 atom stereocenters. The molecule has 4 aromatic heterocycles. The highest BCUT2D eigenvalue weighted by Crippen LogP contribution is 2.23. The van der Waals surface area contributed by atoms with Crippen LogP contribution in [-0.2, 0) is 27.2 Å². The minimum absolute atomic E-state index is 0.0638. The number of pyridine rings is 2. The Hall–Kier alpha value is -3.11. The molecule has 4 aromatic rings. The maximum atomic E-state index is 14.9. The first-order valence-electron chi connectivity index (χ1n) is 11.2. The number of nitrogens with one attached hydrogen (secondary N) is 2. The van der Waals surface area contributed by atoms with Crippen LogP contribution in [0.3, 0.4) is 0 Å². The second kappa shape index (κ2) is 8.68. The highest BCUT2D eigenvalue weighted by Gasteiger charge is 2.30. The fourth-order valence-corrected chi connectivity index (χ4v) is 4.69. The molecule has 0 radical (unpaired) electrons. The lowest BCUT2D eigenvalue weighted by atomic mass is 9.89. The Morgan fingerprint density at radius 2 is 1.97 bits per heavy atom. The number of halogens is 2. The lowest BCUT2D eigenvalue weighted by Gasteiger charge is -2.33. The number of aromatic nitrogens is 5. The van der Waals surface area contributed by atoms with E-state index in [2.05, 4.69) is 20.7 Å². The van der Waals surface area contributed by atoms with Crippen molar-refractivity contribution in [2.24, 2.45) is 14.1 Å². The van der Waals surface area contributed by atoms with Gasteiger partial charge >= 0.3 is 5.69 Å². The summed E-state index contributed by atoms with van der Waals surface area (Å²) in [5.74, 6) is -0.505. The van der Waals surface area contributed by atoms with Crippen molar-refractivity contribution in [1.29, 1.82) is 0 Å². The van der Waals surface area contributed by atoms with Crippen LogP contribution < -0.4 is 16.3 Å². The van der Waals surface area contributed by atoms with Gasteiger partial charge in [-0.3, -0.25) is 9.13 Å². The molecule has 1 aliphatic carbocycles. The summed E-state index contributed by atoms with van der Waals surface area (Å²) in [5, 5.41) is 10.9. The highest BCUT2D eigenvalue weighted by molar-refractivity contribution is 5.71. The number of hydrogen-bond donors (Lipinski definition) is 2. The van der Waals surface area contributed by atoms with Crippen molar-refractivity contribution in [3.63, 3.8) is 0 Å². The molecule has 8 nitrogen and oxygen atoms in total. The summed E-state index contributed by atoms with van der Waals surface area (Å²) in [6.07, 6.45) is 2.55. The van der Waals surface area contributed by atoms with E-state index >= 15 is 0 Å². The summed E-state index contributed by atoms with van der Waals surface area (Å²) < 4.78 is 34.1. The molecule has 0 unspecified atom stereocenters. The largest absolute Gasteiger partial charge is 0.329 e. The molecule has 5 rings (SSSR count). The van der Waals surface area contributed by atoms with Gasteiger partial charge in [-0.15, -0.1) is 0 Å². The number of aryl methyl sites for hydroxylation is 2. The summed E-state index contributed by atoms with van der Waals surface area (Å²) >= 11 is 0. The predicted molar refractivity (Wildman–Crippen MR) is 121 cm³/mol. The summed E-state index contributed by atoms with van der Waals surface area (Å²) in [6, 6.07) is 8.96. The van der Waals surface area contributed by atoms with E-state index in [-0.39, 0.29) is 30.0 Å². The molecule has 0 aliphatic heterocycles. The first kappa shape index (κ1) is 21.7. The van der Waals surface area contributed by atoms with Gasteiger partial charge in [-0.1, -0.05) is 6.07 Å². The van der Waals surface area contributed by atoms with Gasteiger partial charge in [0.2, 0.25) is 0 Å². The number of nitrogens with zero attached hydrogens (tertiary/aromatic N) is 5. The van der Waals surface area contributed by atoms with Gasteiger partial charge < -0.3 is 10.6 Å². The van der Waals surface area contributed by atoms with Crippen LogP contribution in [0.2, 0.25) is 0 Å². The van der Waals surface area contributed by atoms with Gasteiger partial charge in [0.15, 0.2) is 5.65 Å². The van der Waals surface area contributed by atoms with E-state index < -0.39 is 12.0 Å². The maximum Gasteiger partial charge on any atom is 0.329 e. The first-order chi connectivity index (χ1) is 15.9. The lowest BCUT2D eigenvalue weighted by Crippen LogP contribution is -2.47. The van der Waals surface area contributed by atoms with Crippen molar-refractivity contribution >= 4 is 16.7 Å². The van der Waals surface area contributed by atoms with Crippen LogP contribution in [-0.4, -0.2) is 42.0 Å². The topological polar surface area (TPSA) is 81.2 Å². The highest BCUT2D eigenvalue weighted by atomic mass is 19.1. The molecule has 174 valence electrons. The first-order valence-corrected chi connectivity index (χ1v) is 11.2. The molecule has 0 aromatic carbocycles. The molecule has 10 heteroatoms. The van der Waals surface area contributed by atoms with Gasteiger partial charge in [0.1, 0.15) is 12.0 Å². The number of alkyl halides is 1. The zero-order valence-corrected chi connectivity index (χ0v) is 18.6. The number of fused-ring (bicyclic) bond motifs is 2. The smallest absolute Gasteiger partial charge is 0.308 e. The average Bonchev–Trinajstić information content (AvgIpc) is 3.37. The third kappa shape index (κ3) is 4.04. The second-order valence-corrected chi connectivity index (χ2v) is 8.74. The quantitative estimate of drug-likeness (QED) is 0.466. The van der Waals surface area contributed by atoms with Crippen molar-refractivity contribution in [2.45, 2.75) is 50.6 Å².